The van der Waals surface area contributed by atoms with Gasteiger partial charge < -0.3 is 14.7 Å². The Kier molecular flexibility index (Phi) is 14.9. The van der Waals surface area contributed by atoms with Crippen molar-refractivity contribution in [2.75, 3.05) is 11.5 Å². The second kappa shape index (κ2) is 20.9. The first-order valence-corrected chi connectivity index (χ1v) is 20.5. The van der Waals surface area contributed by atoms with Gasteiger partial charge in [-0.15, -0.1) is 0 Å². The van der Waals surface area contributed by atoms with Crippen molar-refractivity contribution in [2.24, 2.45) is 11.8 Å². The summed E-state index contributed by atoms with van der Waals surface area (Å²) < 4.78 is 6.51. The van der Waals surface area contributed by atoms with E-state index in [1.54, 1.807) is 0 Å². The van der Waals surface area contributed by atoms with Gasteiger partial charge in [-0.25, -0.2) is 0 Å². The van der Waals surface area contributed by atoms with Gasteiger partial charge in [0, 0.05) is 22.6 Å². The lowest BCUT2D eigenvalue weighted by Crippen LogP contribution is -2.09. The van der Waals surface area contributed by atoms with Gasteiger partial charge in [-0.05, 0) is 107 Å². The SMILES string of the molecule is Cc1ccc(N(c2ccc(/C=C/c3ccccc3)cc2)c2ccc(/C=C/c3cc(OCCC(C)CCCC(C)C)c(/C=C/c4ccccc4)cc3CO)cc2)cc1. The maximum atomic E-state index is 10.5. The molecule has 0 saturated heterocycles. The summed E-state index contributed by atoms with van der Waals surface area (Å²) >= 11 is 0. The number of hydrogen-bond donors (Lipinski definition) is 1. The van der Waals surface area contributed by atoms with Gasteiger partial charge in [0.15, 0.2) is 0 Å². The van der Waals surface area contributed by atoms with Crippen LogP contribution in [0.25, 0.3) is 36.5 Å². The van der Waals surface area contributed by atoms with E-state index in [1.807, 2.05) is 24.3 Å². The summed E-state index contributed by atoms with van der Waals surface area (Å²) in [5.74, 6) is 2.18. The number of hydrogen-bond acceptors (Lipinski definition) is 3. The van der Waals surface area contributed by atoms with Crippen LogP contribution in [-0.2, 0) is 6.61 Å². The topological polar surface area (TPSA) is 32.7 Å². The van der Waals surface area contributed by atoms with E-state index in [-0.39, 0.29) is 6.61 Å². The molecule has 1 atom stereocenters. The standard InChI is InChI=1S/C54H57NO2/c1-41(2)12-11-13-42(3)36-37-57-54-39-48(50(40-56)38-49(54)29-23-45-16-9-6-10-17-45)28-22-47-26-34-53(35-27-47)55(51-30-18-43(4)19-31-51)52-32-24-46(25-33-52)21-20-44-14-7-5-8-15-44/h5-10,14-35,38-39,41-42,56H,11-13,36-37,40H2,1-4H3/b21-20+,28-22+,29-23+. The molecule has 6 aromatic carbocycles. The molecule has 0 aliphatic heterocycles. The molecule has 6 aromatic rings. The Labute approximate surface area is 341 Å². The first-order chi connectivity index (χ1) is 27.8. The lowest BCUT2D eigenvalue weighted by molar-refractivity contribution is 0.273. The van der Waals surface area contributed by atoms with Gasteiger partial charge in [-0.3, -0.25) is 0 Å². The van der Waals surface area contributed by atoms with E-state index in [0.717, 1.165) is 68.5 Å². The molecule has 57 heavy (non-hydrogen) atoms. The Morgan fingerprint density at radius 1 is 0.526 bits per heavy atom. The fourth-order valence-electron chi connectivity index (χ4n) is 6.90. The van der Waals surface area contributed by atoms with Crippen molar-refractivity contribution in [1.82, 2.24) is 0 Å². The average molecular weight is 752 g/mol. The molecular weight excluding hydrogens is 695 g/mol. The fourth-order valence-corrected chi connectivity index (χ4v) is 6.90. The summed E-state index contributed by atoms with van der Waals surface area (Å²) in [4.78, 5) is 2.29. The van der Waals surface area contributed by atoms with Crippen LogP contribution in [0.1, 0.15) is 91.0 Å². The predicted molar refractivity (Wildman–Crippen MR) is 246 cm³/mol. The Morgan fingerprint density at radius 3 is 1.51 bits per heavy atom. The number of aryl methyl sites for hydroxylation is 1. The third kappa shape index (κ3) is 12.3. The smallest absolute Gasteiger partial charge is 0.127 e. The molecule has 0 heterocycles. The summed E-state index contributed by atoms with van der Waals surface area (Å²) in [6.45, 7) is 9.62. The molecule has 0 amide bonds. The molecule has 0 radical (unpaired) electrons. The van der Waals surface area contributed by atoms with E-state index in [1.165, 1.54) is 30.4 Å². The number of anilines is 3. The van der Waals surface area contributed by atoms with Crippen LogP contribution in [0.5, 0.6) is 5.75 Å². The van der Waals surface area contributed by atoms with Crippen LogP contribution in [0, 0.1) is 18.8 Å². The van der Waals surface area contributed by atoms with Crippen LogP contribution in [-0.4, -0.2) is 11.7 Å². The highest BCUT2D eigenvalue weighted by atomic mass is 16.5. The average Bonchev–Trinajstić information content (AvgIpc) is 3.24. The van der Waals surface area contributed by atoms with Crippen LogP contribution in [0.3, 0.4) is 0 Å². The van der Waals surface area contributed by atoms with Crippen LogP contribution in [0.15, 0.2) is 146 Å². The van der Waals surface area contributed by atoms with E-state index in [2.05, 4.69) is 190 Å². The van der Waals surface area contributed by atoms with Crippen LogP contribution in [0.4, 0.5) is 17.1 Å². The third-order valence-electron chi connectivity index (χ3n) is 10.4. The molecular formula is C54H57NO2. The van der Waals surface area contributed by atoms with Gasteiger partial charge in [0.2, 0.25) is 0 Å². The third-order valence-corrected chi connectivity index (χ3v) is 10.4. The predicted octanol–water partition coefficient (Wildman–Crippen LogP) is 14.7. The molecule has 0 fully saturated rings. The zero-order valence-corrected chi connectivity index (χ0v) is 34.0. The molecule has 1 unspecified atom stereocenters. The van der Waals surface area contributed by atoms with Crippen molar-refractivity contribution in [2.45, 2.75) is 60.0 Å². The minimum absolute atomic E-state index is 0.0652. The highest BCUT2D eigenvalue weighted by molar-refractivity contribution is 5.81. The molecule has 1 N–H and O–H groups in total. The summed E-state index contributed by atoms with van der Waals surface area (Å²) in [5, 5.41) is 10.5. The lowest BCUT2D eigenvalue weighted by Gasteiger charge is -2.26. The van der Waals surface area contributed by atoms with Crippen molar-refractivity contribution < 1.29 is 9.84 Å². The largest absolute Gasteiger partial charge is 0.493 e. The first-order valence-electron chi connectivity index (χ1n) is 20.5. The molecule has 0 saturated carbocycles. The number of aliphatic hydroxyl groups excluding tert-OH is 1. The van der Waals surface area contributed by atoms with Gasteiger partial charge in [-0.2, -0.15) is 0 Å². The molecule has 0 aliphatic carbocycles. The number of rotatable bonds is 18. The Morgan fingerprint density at radius 2 is 1.00 bits per heavy atom. The number of ether oxygens (including phenoxy) is 1. The number of nitrogens with zero attached hydrogens (tertiary/aromatic N) is 1. The summed E-state index contributed by atoms with van der Waals surface area (Å²) in [7, 11) is 0. The van der Waals surface area contributed by atoms with Crippen molar-refractivity contribution in [3.8, 4) is 5.75 Å². The van der Waals surface area contributed by atoms with Crippen LogP contribution in [0.2, 0.25) is 0 Å². The Balaban J connectivity index is 1.23. The summed E-state index contributed by atoms with van der Waals surface area (Å²) in [6, 6.07) is 50.8. The molecule has 0 spiro atoms. The maximum Gasteiger partial charge on any atom is 0.127 e. The van der Waals surface area contributed by atoms with Gasteiger partial charge in [0.1, 0.15) is 5.75 Å². The normalized spacial score (nSPS) is 12.2. The van der Waals surface area contributed by atoms with Gasteiger partial charge >= 0.3 is 0 Å². The van der Waals surface area contributed by atoms with E-state index >= 15 is 0 Å². The van der Waals surface area contributed by atoms with Crippen molar-refractivity contribution in [1.29, 1.82) is 0 Å². The van der Waals surface area contributed by atoms with Gasteiger partial charge in [0.25, 0.3) is 0 Å². The van der Waals surface area contributed by atoms with E-state index in [9.17, 15) is 5.11 Å². The van der Waals surface area contributed by atoms with Crippen molar-refractivity contribution in [3.05, 3.63) is 190 Å². The summed E-state index contributed by atoms with van der Waals surface area (Å²) in [6.07, 6.45) is 17.5. The fraction of sp³-hybridized carbons (Fsp3) is 0.222. The first kappa shape index (κ1) is 40.8. The number of aliphatic hydroxyl groups is 1. The van der Waals surface area contributed by atoms with E-state index in [4.69, 9.17) is 4.74 Å². The maximum absolute atomic E-state index is 10.5. The van der Waals surface area contributed by atoms with Crippen molar-refractivity contribution in [3.63, 3.8) is 0 Å². The summed E-state index contributed by atoms with van der Waals surface area (Å²) in [5.41, 5.74) is 11.8. The Hall–Kier alpha value is -5.90. The zero-order chi connectivity index (χ0) is 39.8. The van der Waals surface area contributed by atoms with Gasteiger partial charge in [0.05, 0.1) is 13.2 Å². The van der Waals surface area contributed by atoms with Crippen LogP contribution < -0.4 is 9.64 Å². The quantitative estimate of drug-likeness (QED) is 0.0888. The number of benzene rings is 6. The van der Waals surface area contributed by atoms with Crippen molar-refractivity contribution >= 4 is 53.5 Å². The molecule has 6 rings (SSSR count). The Bertz CT molecular complexity index is 2200. The minimum atomic E-state index is -0.0652. The molecule has 3 nitrogen and oxygen atoms in total. The molecule has 3 heteroatoms. The second-order valence-corrected chi connectivity index (χ2v) is 15.5. The second-order valence-electron chi connectivity index (χ2n) is 15.5. The van der Waals surface area contributed by atoms with Gasteiger partial charge in [-0.1, -0.05) is 179 Å². The zero-order valence-electron chi connectivity index (χ0n) is 34.0. The van der Waals surface area contributed by atoms with E-state index in [0.29, 0.717) is 12.5 Å². The van der Waals surface area contributed by atoms with Crippen LogP contribution >= 0.6 is 0 Å². The highest BCUT2D eigenvalue weighted by Crippen LogP contribution is 2.35. The minimum Gasteiger partial charge on any atom is -0.493 e. The van der Waals surface area contributed by atoms with E-state index < -0.39 is 0 Å². The molecule has 0 aromatic heterocycles. The molecule has 0 aliphatic rings. The monoisotopic (exact) mass is 751 g/mol. The lowest BCUT2D eigenvalue weighted by atomic mass is 9.97. The molecule has 290 valence electrons. The highest BCUT2D eigenvalue weighted by Gasteiger charge is 2.13. The molecule has 0 bridgehead atoms.